The third-order valence-electron chi connectivity index (χ3n) is 2.30. The Hall–Kier alpha value is -0.590. The van der Waals surface area contributed by atoms with E-state index in [0.717, 1.165) is 18.7 Å². The molecule has 1 atom stereocenters. The number of thioether (sulfide) groups is 1. The Kier molecular flexibility index (Phi) is 6.44. The smallest absolute Gasteiger partial charge is 0.0964 e. The molecular weight excluding hydrogens is 224 g/mol. The van der Waals surface area contributed by atoms with Crippen LogP contribution in [0.15, 0.2) is 6.20 Å². The number of hydrogen-bond donors (Lipinski definition) is 2. The van der Waals surface area contributed by atoms with Crippen molar-refractivity contribution in [2.75, 3.05) is 18.6 Å². The molecule has 1 aromatic rings. The minimum Gasteiger partial charge on any atom is -0.394 e. The van der Waals surface area contributed by atoms with Gasteiger partial charge >= 0.3 is 0 Å². The summed E-state index contributed by atoms with van der Waals surface area (Å²) in [6, 6.07) is 0.496. The summed E-state index contributed by atoms with van der Waals surface area (Å²) in [5, 5.41) is 20.1. The summed E-state index contributed by atoms with van der Waals surface area (Å²) in [4.78, 5) is 0. The molecule has 0 amide bonds. The Bertz CT molecular complexity index is 292. The molecule has 6 heteroatoms. The second kappa shape index (κ2) is 7.65. The van der Waals surface area contributed by atoms with E-state index in [1.54, 1.807) is 4.68 Å². The van der Waals surface area contributed by atoms with Crippen molar-refractivity contribution in [2.24, 2.45) is 0 Å². The summed E-state index contributed by atoms with van der Waals surface area (Å²) in [5.41, 5.74) is 0.921. The van der Waals surface area contributed by atoms with Crippen LogP contribution in [0.1, 0.15) is 19.0 Å². The van der Waals surface area contributed by atoms with Gasteiger partial charge in [-0.05, 0) is 25.4 Å². The number of aliphatic hydroxyl groups is 1. The molecule has 0 aromatic carbocycles. The molecule has 92 valence electrons. The molecule has 1 rings (SSSR count). The molecule has 1 unspecified atom stereocenters. The predicted molar refractivity (Wildman–Crippen MR) is 66.4 cm³/mol. The van der Waals surface area contributed by atoms with E-state index >= 15 is 0 Å². The quantitative estimate of drug-likeness (QED) is 0.697. The Balaban J connectivity index is 2.25. The molecule has 0 bridgehead atoms. The molecule has 0 aliphatic rings. The van der Waals surface area contributed by atoms with Crippen molar-refractivity contribution in [3.63, 3.8) is 0 Å². The van der Waals surface area contributed by atoms with Crippen LogP contribution in [0, 0.1) is 0 Å². The van der Waals surface area contributed by atoms with Crippen molar-refractivity contribution in [3.05, 3.63) is 11.9 Å². The first-order valence-electron chi connectivity index (χ1n) is 5.48. The number of aromatic nitrogens is 3. The van der Waals surface area contributed by atoms with Crippen LogP contribution in [-0.4, -0.2) is 44.8 Å². The molecule has 16 heavy (non-hydrogen) atoms. The molecule has 0 fully saturated rings. The molecule has 0 radical (unpaired) electrons. The lowest BCUT2D eigenvalue weighted by atomic mass is 10.2. The third kappa shape index (κ3) is 4.96. The summed E-state index contributed by atoms with van der Waals surface area (Å²) in [5.74, 6) is 1.17. The van der Waals surface area contributed by atoms with E-state index in [4.69, 9.17) is 5.11 Å². The number of hydrogen-bond acceptors (Lipinski definition) is 5. The van der Waals surface area contributed by atoms with Gasteiger partial charge in [0.25, 0.3) is 0 Å². The van der Waals surface area contributed by atoms with Gasteiger partial charge in [0.2, 0.25) is 0 Å². The Morgan fingerprint density at radius 3 is 3.12 bits per heavy atom. The van der Waals surface area contributed by atoms with Crippen LogP contribution >= 0.6 is 11.8 Å². The van der Waals surface area contributed by atoms with Crippen molar-refractivity contribution < 1.29 is 5.11 Å². The van der Waals surface area contributed by atoms with Gasteiger partial charge < -0.3 is 10.4 Å². The van der Waals surface area contributed by atoms with Crippen LogP contribution in [0.25, 0.3) is 0 Å². The van der Waals surface area contributed by atoms with Crippen molar-refractivity contribution in [1.29, 1.82) is 0 Å². The van der Waals surface area contributed by atoms with E-state index in [0.29, 0.717) is 12.6 Å². The molecular formula is C10H20N4OS. The lowest BCUT2D eigenvalue weighted by Gasteiger charge is -2.11. The highest BCUT2D eigenvalue weighted by molar-refractivity contribution is 7.98. The zero-order valence-corrected chi connectivity index (χ0v) is 10.7. The first-order chi connectivity index (χ1) is 7.76. The van der Waals surface area contributed by atoms with Crippen molar-refractivity contribution in [2.45, 2.75) is 32.5 Å². The Morgan fingerprint density at radius 1 is 1.62 bits per heavy atom. The van der Waals surface area contributed by atoms with Crippen molar-refractivity contribution in [1.82, 2.24) is 20.3 Å². The minimum absolute atomic E-state index is 0.0976. The van der Waals surface area contributed by atoms with Gasteiger partial charge in [0.1, 0.15) is 0 Å². The maximum absolute atomic E-state index is 8.74. The summed E-state index contributed by atoms with van der Waals surface area (Å²) in [7, 11) is 0. The molecule has 0 aliphatic carbocycles. The van der Waals surface area contributed by atoms with Gasteiger partial charge in [-0.15, -0.1) is 5.10 Å². The Morgan fingerprint density at radius 2 is 2.44 bits per heavy atom. The van der Waals surface area contributed by atoms with E-state index in [2.05, 4.69) is 28.8 Å². The minimum atomic E-state index is 0.0976. The molecule has 2 N–H and O–H groups in total. The lowest BCUT2D eigenvalue weighted by Crippen LogP contribution is -2.26. The normalized spacial score (nSPS) is 12.9. The van der Waals surface area contributed by atoms with Gasteiger partial charge in [-0.1, -0.05) is 5.21 Å². The topological polar surface area (TPSA) is 63.0 Å². The fourth-order valence-corrected chi connectivity index (χ4v) is 1.90. The van der Waals surface area contributed by atoms with Gasteiger partial charge in [0.05, 0.1) is 18.8 Å². The highest BCUT2D eigenvalue weighted by atomic mass is 32.2. The summed E-state index contributed by atoms with van der Waals surface area (Å²) in [6.45, 7) is 3.52. The molecule has 0 spiro atoms. The average Bonchev–Trinajstić information content (AvgIpc) is 2.72. The van der Waals surface area contributed by atoms with Gasteiger partial charge in [0.15, 0.2) is 0 Å². The van der Waals surface area contributed by atoms with Crippen LogP contribution in [0.4, 0.5) is 0 Å². The Labute approximate surface area is 101 Å². The maximum Gasteiger partial charge on any atom is 0.0964 e. The molecule has 0 aliphatic heterocycles. The van der Waals surface area contributed by atoms with E-state index in [1.165, 1.54) is 5.75 Å². The highest BCUT2D eigenvalue weighted by Crippen LogP contribution is 2.01. The zero-order valence-electron chi connectivity index (χ0n) is 9.89. The largest absolute Gasteiger partial charge is 0.394 e. The summed E-state index contributed by atoms with van der Waals surface area (Å²) < 4.78 is 1.66. The summed E-state index contributed by atoms with van der Waals surface area (Å²) >= 11 is 1.86. The van der Waals surface area contributed by atoms with Crippen LogP contribution in [-0.2, 0) is 13.1 Å². The fraction of sp³-hybridized carbons (Fsp3) is 0.800. The van der Waals surface area contributed by atoms with Crippen LogP contribution in [0.2, 0.25) is 0 Å². The number of nitrogens with zero attached hydrogens (tertiary/aromatic N) is 3. The van der Waals surface area contributed by atoms with Crippen LogP contribution < -0.4 is 5.32 Å². The van der Waals surface area contributed by atoms with Crippen LogP contribution in [0.5, 0.6) is 0 Å². The number of aliphatic hydroxyl groups excluding tert-OH is 1. The SMILES string of the molecule is CSCCC(C)NCc1cn(CCO)nn1. The van der Waals surface area contributed by atoms with E-state index in [9.17, 15) is 0 Å². The van der Waals surface area contributed by atoms with Crippen molar-refractivity contribution in [3.8, 4) is 0 Å². The second-order valence-corrected chi connectivity index (χ2v) is 4.75. The standard InChI is InChI=1S/C10H20N4OS/c1-9(3-6-16-2)11-7-10-8-14(4-5-15)13-12-10/h8-9,11,15H,3-7H2,1-2H3. The van der Waals surface area contributed by atoms with Crippen molar-refractivity contribution >= 4 is 11.8 Å². The molecule has 0 saturated carbocycles. The molecule has 1 aromatic heterocycles. The van der Waals surface area contributed by atoms with Gasteiger partial charge in [-0.25, -0.2) is 4.68 Å². The van der Waals surface area contributed by atoms with E-state index in [-0.39, 0.29) is 6.61 Å². The number of rotatable bonds is 8. The fourth-order valence-electron chi connectivity index (χ4n) is 1.31. The first kappa shape index (κ1) is 13.5. The highest BCUT2D eigenvalue weighted by Gasteiger charge is 2.03. The second-order valence-electron chi connectivity index (χ2n) is 3.76. The third-order valence-corrected chi connectivity index (χ3v) is 2.95. The van der Waals surface area contributed by atoms with E-state index in [1.807, 2.05) is 18.0 Å². The average molecular weight is 244 g/mol. The lowest BCUT2D eigenvalue weighted by molar-refractivity contribution is 0.268. The van der Waals surface area contributed by atoms with Gasteiger partial charge in [0, 0.05) is 18.8 Å². The maximum atomic E-state index is 8.74. The van der Waals surface area contributed by atoms with Crippen LogP contribution in [0.3, 0.4) is 0 Å². The predicted octanol–water partition coefficient (Wildman–Crippen LogP) is 0.502. The molecule has 0 saturated heterocycles. The van der Waals surface area contributed by atoms with E-state index < -0.39 is 0 Å². The van der Waals surface area contributed by atoms with Gasteiger partial charge in [-0.3, -0.25) is 0 Å². The zero-order chi connectivity index (χ0) is 11.8. The summed E-state index contributed by atoms with van der Waals surface area (Å²) in [6.07, 6.45) is 5.14. The molecule has 1 heterocycles. The first-order valence-corrected chi connectivity index (χ1v) is 6.88. The monoisotopic (exact) mass is 244 g/mol. The van der Waals surface area contributed by atoms with Gasteiger partial charge in [-0.2, -0.15) is 11.8 Å². The number of nitrogens with one attached hydrogen (secondary N) is 1. The molecule has 5 nitrogen and oxygen atoms in total.